The molecule has 130 valence electrons. The summed E-state index contributed by atoms with van der Waals surface area (Å²) in [4.78, 5) is 12.0. The lowest BCUT2D eigenvalue weighted by Crippen LogP contribution is -2.49. The molecule has 25 heavy (non-hydrogen) atoms. The predicted molar refractivity (Wildman–Crippen MR) is 103 cm³/mol. The van der Waals surface area contributed by atoms with Gasteiger partial charge in [-0.15, -0.1) is 0 Å². The first kappa shape index (κ1) is 16.9. The normalized spacial score (nSPS) is 17.5. The van der Waals surface area contributed by atoms with E-state index in [1.54, 1.807) is 11.8 Å². The third kappa shape index (κ3) is 3.55. The second-order valence-corrected chi connectivity index (χ2v) is 7.72. The number of halogens is 1. The van der Waals surface area contributed by atoms with E-state index in [0.29, 0.717) is 5.02 Å². The maximum absolute atomic E-state index is 9.14. The standard InChI is InChI=1S/C19H20ClN3OS/c20-14-5-6-18-16(13-14)21-19(15-3-1-2-4-17(15)25-18)23-9-7-22(8-10-23)11-12-24/h1-6,13,24H,7-12H2. The topological polar surface area (TPSA) is 39.1 Å². The molecule has 4 rings (SSSR count). The quantitative estimate of drug-likeness (QED) is 0.874. The van der Waals surface area contributed by atoms with Gasteiger partial charge in [-0.1, -0.05) is 41.6 Å². The molecule has 2 aliphatic heterocycles. The number of nitrogens with zero attached hydrogens (tertiary/aromatic N) is 3. The number of aliphatic hydroxyl groups is 1. The molecule has 1 N–H and O–H groups in total. The molecular formula is C19H20ClN3OS. The Morgan fingerprint density at radius 3 is 2.64 bits per heavy atom. The van der Waals surface area contributed by atoms with E-state index in [1.165, 1.54) is 10.5 Å². The molecule has 4 nitrogen and oxygen atoms in total. The summed E-state index contributed by atoms with van der Waals surface area (Å²) in [6.45, 7) is 4.66. The van der Waals surface area contributed by atoms with Crippen molar-refractivity contribution < 1.29 is 5.11 Å². The average Bonchev–Trinajstić information content (AvgIpc) is 2.79. The molecule has 1 saturated heterocycles. The number of hydrogen-bond acceptors (Lipinski definition) is 5. The van der Waals surface area contributed by atoms with Gasteiger partial charge in [-0.2, -0.15) is 0 Å². The van der Waals surface area contributed by atoms with E-state index >= 15 is 0 Å². The Morgan fingerprint density at radius 2 is 1.84 bits per heavy atom. The molecule has 0 atom stereocenters. The number of aliphatic imine (C=N–C) groups is 1. The zero-order valence-electron chi connectivity index (χ0n) is 13.9. The van der Waals surface area contributed by atoms with Crippen LogP contribution in [0.25, 0.3) is 0 Å². The number of β-amino-alcohol motifs (C(OH)–C–C–N with tert-alkyl or cyclic N) is 1. The first-order chi connectivity index (χ1) is 12.2. The second kappa shape index (κ2) is 7.38. The van der Waals surface area contributed by atoms with Gasteiger partial charge in [-0.3, -0.25) is 4.90 Å². The van der Waals surface area contributed by atoms with Crippen molar-refractivity contribution in [2.24, 2.45) is 4.99 Å². The fourth-order valence-electron chi connectivity index (χ4n) is 3.26. The number of rotatable bonds is 2. The van der Waals surface area contributed by atoms with Crippen LogP contribution in [0.3, 0.4) is 0 Å². The van der Waals surface area contributed by atoms with Crippen LogP contribution in [-0.4, -0.2) is 60.1 Å². The smallest absolute Gasteiger partial charge is 0.137 e. The van der Waals surface area contributed by atoms with Crippen LogP contribution in [0.15, 0.2) is 57.2 Å². The summed E-state index contributed by atoms with van der Waals surface area (Å²) >= 11 is 7.95. The molecule has 2 aromatic rings. The Kier molecular flexibility index (Phi) is 4.99. The zero-order chi connectivity index (χ0) is 17.2. The van der Waals surface area contributed by atoms with Crippen LogP contribution in [0.4, 0.5) is 5.69 Å². The highest BCUT2D eigenvalue weighted by atomic mass is 35.5. The Balaban J connectivity index is 1.71. The van der Waals surface area contributed by atoms with Gasteiger partial charge >= 0.3 is 0 Å². The fraction of sp³-hybridized carbons (Fsp3) is 0.316. The lowest BCUT2D eigenvalue weighted by molar-refractivity contribution is 0.147. The van der Waals surface area contributed by atoms with Gasteiger partial charge in [0, 0.05) is 53.1 Å². The van der Waals surface area contributed by atoms with Crippen LogP contribution in [0.2, 0.25) is 5.02 Å². The number of piperazine rings is 1. The maximum Gasteiger partial charge on any atom is 0.137 e. The third-order valence-electron chi connectivity index (χ3n) is 4.58. The highest BCUT2D eigenvalue weighted by molar-refractivity contribution is 7.99. The third-order valence-corrected chi connectivity index (χ3v) is 5.96. The molecule has 0 amide bonds. The van der Waals surface area contributed by atoms with Crippen LogP contribution in [0.1, 0.15) is 5.56 Å². The second-order valence-electron chi connectivity index (χ2n) is 6.20. The maximum atomic E-state index is 9.14. The summed E-state index contributed by atoms with van der Waals surface area (Å²) in [7, 11) is 0. The van der Waals surface area contributed by atoms with E-state index in [0.717, 1.165) is 49.1 Å². The molecule has 2 heterocycles. The molecule has 0 aromatic heterocycles. The molecule has 6 heteroatoms. The van der Waals surface area contributed by atoms with E-state index in [2.05, 4.69) is 34.1 Å². The van der Waals surface area contributed by atoms with E-state index < -0.39 is 0 Å². The van der Waals surface area contributed by atoms with Gasteiger partial charge in [0.2, 0.25) is 0 Å². The molecule has 2 aliphatic rings. The summed E-state index contributed by atoms with van der Waals surface area (Å²) in [5.74, 6) is 1.02. The lowest BCUT2D eigenvalue weighted by Gasteiger charge is -2.36. The zero-order valence-corrected chi connectivity index (χ0v) is 15.4. The van der Waals surface area contributed by atoms with Crippen molar-refractivity contribution in [1.29, 1.82) is 0 Å². The van der Waals surface area contributed by atoms with Gasteiger partial charge in [-0.25, -0.2) is 4.99 Å². The molecule has 0 bridgehead atoms. The van der Waals surface area contributed by atoms with Crippen molar-refractivity contribution in [3.63, 3.8) is 0 Å². The Bertz CT molecular complexity index is 803. The van der Waals surface area contributed by atoms with E-state index in [1.807, 2.05) is 18.2 Å². The first-order valence-electron chi connectivity index (χ1n) is 8.48. The fourth-order valence-corrected chi connectivity index (χ4v) is 4.43. The number of amidine groups is 1. The van der Waals surface area contributed by atoms with Crippen LogP contribution in [-0.2, 0) is 0 Å². The van der Waals surface area contributed by atoms with Crippen molar-refractivity contribution in [3.05, 3.63) is 53.1 Å². The van der Waals surface area contributed by atoms with Crippen molar-refractivity contribution in [2.45, 2.75) is 9.79 Å². The summed E-state index contributed by atoms with van der Waals surface area (Å²) in [6.07, 6.45) is 0. The van der Waals surface area contributed by atoms with Gasteiger partial charge in [-0.05, 0) is 24.3 Å². The minimum atomic E-state index is 0.215. The summed E-state index contributed by atoms with van der Waals surface area (Å²) in [5.41, 5.74) is 2.11. The summed E-state index contributed by atoms with van der Waals surface area (Å²) < 4.78 is 0. The van der Waals surface area contributed by atoms with Gasteiger partial charge in [0.25, 0.3) is 0 Å². The van der Waals surface area contributed by atoms with Gasteiger partial charge in [0.05, 0.1) is 12.3 Å². The molecule has 2 aromatic carbocycles. The molecular weight excluding hydrogens is 354 g/mol. The Labute approximate surface area is 157 Å². The summed E-state index contributed by atoms with van der Waals surface area (Å²) in [5, 5.41) is 9.85. The number of benzene rings is 2. The minimum Gasteiger partial charge on any atom is -0.395 e. The highest BCUT2D eigenvalue weighted by Gasteiger charge is 2.25. The van der Waals surface area contributed by atoms with Crippen molar-refractivity contribution >= 4 is 34.9 Å². The number of aliphatic hydroxyl groups excluding tert-OH is 1. The monoisotopic (exact) mass is 373 g/mol. The van der Waals surface area contributed by atoms with E-state index in [9.17, 15) is 0 Å². The largest absolute Gasteiger partial charge is 0.395 e. The van der Waals surface area contributed by atoms with E-state index in [-0.39, 0.29) is 6.61 Å². The Hall–Kier alpha value is -1.53. The lowest BCUT2D eigenvalue weighted by atomic mass is 10.1. The molecule has 1 fully saturated rings. The van der Waals surface area contributed by atoms with Gasteiger partial charge in [0.15, 0.2) is 0 Å². The molecule has 0 saturated carbocycles. The number of fused-ring (bicyclic) bond motifs is 2. The highest BCUT2D eigenvalue weighted by Crippen LogP contribution is 2.41. The van der Waals surface area contributed by atoms with Crippen molar-refractivity contribution in [1.82, 2.24) is 9.80 Å². The SMILES string of the molecule is OCCN1CCN(C2=Nc3cc(Cl)ccc3Sc3ccccc32)CC1. The average molecular weight is 374 g/mol. The molecule has 0 unspecified atom stereocenters. The van der Waals surface area contributed by atoms with Gasteiger partial charge in [0.1, 0.15) is 5.84 Å². The van der Waals surface area contributed by atoms with Gasteiger partial charge < -0.3 is 10.0 Å². The predicted octanol–water partition coefficient (Wildman–Crippen LogP) is 3.49. The van der Waals surface area contributed by atoms with Crippen molar-refractivity contribution in [2.75, 3.05) is 39.3 Å². The first-order valence-corrected chi connectivity index (χ1v) is 9.68. The number of hydrogen-bond donors (Lipinski definition) is 1. The van der Waals surface area contributed by atoms with Crippen LogP contribution in [0, 0.1) is 0 Å². The minimum absolute atomic E-state index is 0.215. The summed E-state index contributed by atoms with van der Waals surface area (Å²) in [6, 6.07) is 14.4. The Morgan fingerprint density at radius 1 is 1.04 bits per heavy atom. The molecule has 0 spiro atoms. The van der Waals surface area contributed by atoms with Crippen molar-refractivity contribution in [3.8, 4) is 0 Å². The van der Waals surface area contributed by atoms with Crippen LogP contribution < -0.4 is 0 Å². The van der Waals surface area contributed by atoms with Crippen LogP contribution in [0.5, 0.6) is 0 Å². The molecule has 0 radical (unpaired) electrons. The van der Waals surface area contributed by atoms with Crippen LogP contribution >= 0.6 is 23.4 Å². The molecule has 0 aliphatic carbocycles. The van der Waals surface area contributed by atoms with E-state index in [4.69, 9.17) is 21.7 Å².